The quantitative estimate of drug-likeness (QED) is 0.689. The lowest BCUT2D eigenvalue weighted by Gasteiger charge is -2.25. The Morgan fingerprint density at radius 1 is 1.29 bits per heavy atom. The Kier molecular flexibility index (Phi) is 3.50. The number of benzene rings is 1. The first-order chi connectivity index (χ1) is 8.15. The molecule has 2 rings (SSSR count). The lowest BCUT2D eigenvalue weighted by Crippen LogP contribution is -2.35. The molecule has 0 aliphatic heterocycles. The number of nitrogens with one attached hydrogen (secondary N) is 2. The molecule has 17 heavy (non-hydrogen) atoms. The van der Waals surface area contributed by atoms with Gasteiger partial charge in [0.2, 0.25) is 0 Å². The van der Waals surface area contributed by atoms with Gasteiger partial charge in [-0.3, -0.25) is 0 Å². The van der Waals surface area contributed by atoms with Crippen LogP contribution in [0.2, 0.25) is 0 Å². The summed E-state index contributed by atoms with van der Waals surface area (Å²) in [5.41, 5.74) is 8.17. The Hall–Kier alpha value is -1.32. The Labute approximate surface area is 102 Å². The van der Waals surface area contributed by atoms with Gasteiger partial charge in [-0.05, 0) is 11.6 Å². The number of fused-ring (bicyclic) bond motifs is 1. The van der Waals surface area contributed by atoms with Crippen molar-refractivity contribution < 1.29 is 0 Å². The second-order valence-electron chi connectivity index (χ2n) is 5.10. The van der Waals surface area contributed by atoms with E-state index < -0.39 is 0 Å². The van der Waals surface area contributed by atoms with Crippen molar-refractivity contribution in [2.75, 3.05) is 19.6 Å². The third kappa shape index (κ3) is 2.51. The lowest BCUT2D eigenvalue weighted by atomic mass is 9.84. The molecule has 0 fully saturated rings. The van der Waals surface area contributed by atoms with Crippen molar-refractivity contribution in [3.05, 3.63) is 36.0 Å². The van der Waals surface area contributed by atoms with Crippen LogP contribution in [-0.4, -0.2) is 24.6 Å². The molecular formula is C14H21N3. The zero-order chi connectivity index (χ0) is 12.3. The monoisotopic (exact) mass is 231 g/mol. The van der Waals surface area contributed by atoms with Gasteiger partial charge in [0.1, 0.15) is 0 Å². The number of hydrogen-bond donors (Lipinski definition) is 3. The molecule has 0 radical (unpaired) electrons. The molecule has 0 saturated carbocycles. The average molecular weight is 231 g/mol. The highest BCUT2D eigenvalue weighted by molar-refractivity contribution is 5.84. The number of hydrogen-bond acceptors (Lipinski definition) is 2. The predicted octanol–water partition coefficient (Wildman–Crippen LogP) is 1.99. The van der Waals surface area contributed by atoms with E-state index in [4.69, 9.17) is 5.73 Å². The molecule has 1 heterocycles. The molecule has 3 nitrogen and oxygen atoms in total. The second-order valence-corrected chi connectivity index (χ2v) is 5.10. The van der Waals surface area contributed by atoms with Crippen molar-refractivity contribution in [3.63, 3.8) is 0 Å². The van der Waals surface area contributed by atoms with Crippen LogP contribution in [0.25, 0.3) is 10.9 Å². The summed E-state index contributed by atoms with van der Waals surface area (Å²) in [7, 11) is 0. The molecule has 0 saturated heterocycles. The summed E-state index contributed by atoms with van der Waals surface area (Å²) in [6.07, 6.45) is 2.12. The summed E-state index contributed by atoms with van der Waals surface area (Å²) in [6, 6.07) is 8.43. The van der Waals surface area contributed by atoms with Gasteiger partial charge < -0.3 is 16.0 Å². The van der Waals surface area contributed by atoms with Crippen LogP contribution in [0.5, 0.6) is 0 Å². The van der Waals surface area contributed by atoms with Gasteiger partial charge in [0.25, 0.3) is 0 Å². The summed E-state index contributed by atoms with van der Waals surface area (Å²) >= 11 is 0. The van der Waals surface area contributed by atoms with E-state index in [1.54, 1.807) is 0 Å². The zero-order valence-corrected chi connectivity index (χ0v) is 10.6. The molecular weight excluding hydrogens is 210 g/mol. The molecule has 1 aromatic carbocycles. The maximum Gasteiger partial charge on any atom is 0.0457 e. The minimum absolute atomic E-state index is 0.106. The number of nitrogens with two attached hydrogens (primary N) is 1. The molecule has 2 aromatic rings. The van der Waals surface area contributed by atoms with Crippen LogP contribution in [0.3, 0.4) is 0 Å². The van der Waals surface area contributed by atoms with E-state index in [2.05, 4.69) is 54.6 Å². The molecule has 0 unspecified atom stereocenters. The van der Waals surface area contributed by atoms with Crippen LogP contribution in [0.1, 0.15) is 19.4 Å². The Morgan fingerprint density at radius 2 is 2.06 bits per heavy atom. The summed E-state index contributed by atoms with van der Waals surface area (Å²) in [5, 5.41) is 4.70. The van der Waals surface area contributed by atoms with Gasteiger partial charge in [-0.25, -0.2) is 0 Å². The minimum Gasteiger partial charge on any atom is -0.361 e. The van der Waals surface area contributed by atoms with Crippen LogP contribution in [0.15, 0.2) is 30.5 Å². The summed E-state index contributed by atoms with van der Waals surface area (Å²) in [6.45, 7) is 7.00. The molecule has 92 valence electrons. The summed E-state index contributed by atoms with van der Waals surface area (Å²) in [4.78, 5) is 3.33. The third-order valence-electron chi connectivity index (χ3n) is 3.21. The fraction of sp³-hybridized carbons (Fsp3) is 0.429. The third-order valence-corrected chi connectivity index (χ3v) is 3.21. The van der Waals surface area contributed by atoms with E-state index in [0.717, 1.165) is 13.1 Å². The van der Waals surface area contributed by atoms with Crippen LogP contribution < -0.4 is 11.1 Å². The van der Waals surface area contributed by atoms with Crippen molar-refractivity contribution in [2.45, 2.75) is 19.3 Å². The van der Waals surface area contributed by atoms with Crippen molar-refractivity contribution in [1.29, 1.82) is 0 Å². The molecule has 0 atom stereocenters. The number of aromatic amines is 1. The average Bonchev–Trinajstić information content (AvgIpc) is 2.73. The van der Waals surface area contributed by atoms with E-state index in [-0.39, 0.29) is 5.41 Å². The van der Waals surface area contributed by atoms with E-state index in [1.165, 1.54) is 16.5 Å². The molecule has 0 aliphatic carbocycles. The van der Waals surface area contributed by atoms with E-state index in [1.807, 2.05) is 0 Å². The van der Waals surface area contributed by atoms with Gasteiger partial charge in [-0.1, -0.05) is 32.0 Å². The van der Waals surface area contributed by atoms with Gasteiger partial charge in [-0.15, -0.1) is 0 Å². The van der Waals surface area contributed by atoms with Crippen molar-refractivity contribution in [2.24, 2.45) is 5.73 Å². The van der Waals surface area contributed by atoms with Crippen LogP contribution in [0, 0.1) is 0 Å². The number of para-hydroxylation sites is 1. The van der Waals surface area contributed by atoms with Crippen LogP contribution >= 0.6 is 0 Å². The fourth-order valence-electron chi connectivity index (χ4n) is 2.23. The molecule has 3 heteroatoms. The highest BCUT2D eigenvalue weighted by atomic mass is 14.9. The highest BCUT2D eigenvalue weighted by Crippen LogP contribution is 2.29. The molecule has 0 bridgehead atoms. The Balaban J connectivity index is 2.25. The van der Waals surface area contributed by atoms with E-state index >= 15 is 0 Å². The molecule has 1 aromatic heterocycles. The maximum absolute atomic E-state index is 5.50. The van der Waals surface area contributed by atoms with E-state index in [9.17, 15) is 0 Å². The molecule has 0 amide bonds. The summed E-state index contributed by atoms with van der Waals surface area (Å²) < 4.78 is 0. The Bertz CT molecular complexity index is 485. The van der Waals surface area contributed by atoms with Gasteiger partial charge in [-0.2, -0.15) is 0 Å². The van der Waals surface area contributed by atoms with Gasteiger partial charge >= 0.3 is 0 Å². The minimum atomic E-state index is 0.106. The van der Waals surface area contributed by atoms with Gasteiger partial charge in [0, 0.05) is 42.1 Å². The van der Waals surface area contributed by atoms with Gasteiger partial charge in [0.15, 0.2) is 0 Å². The first-order valence-corrected chi connectivity index (χ1v) is 6.12. The standard InChI is InChI=1S/C14H21N3/c1-14(2,10-16-8-7-15)12-9-17-13-6-4-3-5-11(12)13/h3-6,9,16-17H,7-8,10,15H2,1-2H3. The Morgan fingerprint density at radius 3 is 2.82 bits per heavy atom. The second kappa shape index (κ2) is 4.90. The van der Waals surface area contributed by atoms with Crippen molar-refractivity contribution >= 4 is 10.9 Å². The topological polar surface area (TPSA) is 53.8 Å². The van der Waals surface area contributed by atoms with Gasteiger partial charge in [0.05, 0.1) is 0 Å². The van der Waals surface area contributed by atoms with Crippen molar-refractivity contribution in [3.8, 4) is 0 Å². The smallest absolute Gasteiger partial charge is 0.0457 e. The molecule has 0 aliphatic rings. The molecule has 4 N–H and O–H groups in total. The maximum atomic E-state index is 5.50. The summed E-state index contributed by atoms with van der Waals surface area (Å²) in [5.74, 6) is 0. The number of rotatable bonds is 5. The zero-order valence-electron chi connectivity index (χ0n) is 10.6. The number of H-pyrrole nitrogens is 1. The SMILES string of the molecule is CC(C)(CNCCN)c1c[nH]c2ccccc12. The first-order valence-electron chi connectivity index (χ1n) is 6.12. The fourth-order valence-corrected chi connectivity index (χ4v) is 2.23. The van der Waals surface area contributed by atoms with Crippen LogP contribution in [0.4, 0.5) is 0 Å². The van der Waals surface area contributed by atoms with E-state index in [0.29, 0.717) is 6.54 Å². The lowest BCUT2D eigenvalue weighted by molar-refractivity contribution is 0.476. The number of aromatic nitrogens is 1. The predicted molar refractivity (Wildman–Crippen MR) is 73.2 cm³/mol. The highest BCUT2D eigenvalue weighted by Gasteiger charge is 2.23. The molecule has 0 spiro atoms. The van der Waals surface area contributed by atoms with Crippen LogP contribution in [-0.2, 0) is 5.41 Å². The van der Waals surface area contributed by atoms with Crippen molar-refractivity contribution in [1.82, 2.24) is 10.3 Å². The largest absolute Gasteiger partial charge is 0.361 e. The normalized spacial score (nSPS) is 12.2. The first kappa shape index (κ1) is 12.1.